The summed E-state index contributed by atoms with van der Waals surface area (Å²) >= 11 is 0. The van der Waals surface area contributed by atoms with Crippen LogP contribution in [0.4, 0.5) is 8.78 Å². The molecule has 2 N–H and O–H groups in total. The van der Waals surface area contributed by atoms with Crippen LogP contribution in [0.25, 0.3) is 0 Å². The molecule has 2 aromatic rings. The summed E-state index contributed by atoms with van der Waals surface area (Å²) in [7, 11) is 0. The molecule has 1 aromatic carbocycles. The summed E-state index contributed by atoms with van der Waals surface area (Å²) in [6.45, 7) is 2.40. The molecule has 1 saturated heterocycles. The number of nitrogens with one attached hydrogen (secondary N) is 1. The molecule has 1 aliphatic heterocycles. The lowest BCUT2D eigenvalue weighted by Gasteiger charge is -2.36. The minimum atomic E-state index is -0.837. The van der Waals surface area contributed by atoms with Gasteiger partial charge in [-0.25, -0.2) is 8.78 Å². The summed E-state index contributed by atoms with van der Waals surface area (Å²) in [5.74, 6) is -1.67. The van der Waals surface area contributed by atoms with E-state index in [0.29, 0.717) is 25.2 Å². The average molecular weight is 406 g/mol. The van der Waals surface area contributed by atoms with Crippen LogP contribution in [0.3, 0.4) is 0 Å². The Bertz CT molecular complexity index is 679. The molecule has 8 heteroatoms. The maximum Gasteiger partial charge on any atom is 0.159 e. The van der Waals surface area contributed by atoms with Crippen molar-refractivity contribution in [3.05, 3.63) is 65.5 Å². The molecule has 0 amide bonds. The topological polar surface area (TPSA) is 48.4 Å². The van der Waals surface area contributed by atoms with Crippen molar-refractivity contribution in [2.75, 3.05) is 13.1 Å². The lowest BCUT2D eigenvalue weighted by atomic mass is 10.0. The highest BCUT2D eigenvalue weighted by atomic mass is 35.5. The number of rotatable bonds is 5. The van der Waals surface area contributed by atoms with Gasteiger partial charge in [-0.15, -0.1) is 24.8 Å². The molecule has 0 bridgehead atoms. The number of β-amino-alcohol motifs (C(OH)–C–C–N with tert-alkyl or cyclic N) is 1. The van der Waals surface area contributed by atoms with Crippen molar-refractivity contribution >= 4 is 24.8 Å². The summed E-state index contributed by atoms with van der Waals surface area (Å²) in [5.41, 5.74) is 1.65. The number of hydrogen-bond donors (Lipinski definition) is 2. The fraction of sp³-hybridized carbons (Fsp3) is 0.389. The molecule has 2 atom stereocenters. The number of aliphatic hydroxyl groups is 1. The second kappa shape index (κ2) is 10.7. The Morgan fingerprint density at radius 2 is 1.96 bits per heavy atom. The van der Waals surface area contributed by atoms with Crippen LogP contribution in [-0.2, 0) is 13.1 Å². The van der Waals surface area contributed by atoms with E-state index in [2.05, 4.69) is 15.2 Å². The highest BCUT2D eigenvalue weighted by Gasteiger charge is 2.27. The highest BCUT2D eigenvalue weighted by molar-refractivity contribution is 5.85. The van der Waals surface area contributed by atoms with Crippen LogP contribution in [-0.4, -0.2) is 40.2 Å². The fourth-order valence-electron chi connectivity index (χ4n) is 3.01. The van der Waals surface area contributed by atoms with Crippen LogP contribution in [0.1, 0.15) is 17.7 Å². The van der Waals surface area contributed by atoms with E-state index in [1.807, 2.05) is 18.2 Å². The first-order valence-corrected chi connectivity index (χ1v) is 8.09. The molecular formula is C18H23Cl2F2N3O. The van der Waals surface area contributed by atoms with Gasteiger partial charge in [0.2, 0.25) is 0 Å². The maximum atomic E-state index is 13.3. The van der Waals surface area contributed by atoms with Crippen molar-refractivity contribution in [1.29, 1.82) is 0 Å². The van der Waals surface area contributed by atoms with Gasteiger partial charge in [0.15, 0.2) is 11.6 Å². The molecule has 1 aliphatic rings. The predicted molar refractivity (Wildman–Crippen MR) is 102 cm³/mol. The number of piperidine rings is 1. The molecule has 144 valence electrons. The van der Waals surface area contributed by atoms with E-state index in [4.69, 9.17) is 0 Å². The van der Waals surface area contributed by atoms with Crippen LogP contribution in [0.15, 0.2) is 42.6 Å². The second-order valence-electron chi connectivity index (χ2n) is 6.15. The van der Waals surface area contributed by atoms with Crippen molar-refractivity contribution in [2.45, 2.75) is 31.7 Å². The Morgan fingerprint density at radius 1 is 1.15 bits per heavy atom. The van der Waals surface area contributed by atoms with Gasteiger partial charge in [0.25, 0.3) is 0 Å². The molecule has 3 rings (SSSR count). The molecule has 2 heterocycles. The van der Waals surface area contributed by atoms with Gasteiger partial charge in [0, 0.05) is 38.4 Å². The van der Waals surface area contributed by atoms with Crippen molar-refractivity contribution in [1.82, 2.24) is 15.2 Å². The monoisotopic (exact) mass is 405 g/mol. The van der Waals surface area contributed by atoms with Crippen molar-refractivity contribution in [2.24, 2.45) is 0 Å². The SMILES string of the molecule is Cl.Cl.O[C@@H]1CN(Cc2ccc(F)c(F)c2)CC[C@H]1NCc1ccccn1. The smallest absolute Gasteiger partial charge is 0.159 e. The van der Waals surface area contributed by atoms with Gasteiger partial charge in [0.1, 0.15) is 0 Å². The van der Waals surface area contributed by atoms with E-state index in [9.17, 15) is 13.9 Å². The molecule has 0 aliphatic carbocycles. The molecule has 1 aromatic heterocycles. The standard InChI is InChI=1S/C18H21F2N3O.2ClH/c19-15-5-4-13(9-16(15)20)11-23-8-6-17(18(24)12-23)22-10-14-3-1-2-7-21-14;;/h1-5,7,9,17-18,22,24H,6,8,10-12H2;2*1H/t17-,18-;;/m1../s1. The molecule has 0 radical (unpaired) electrons. The molecule has 1 fully saturated rings. The fourth-order valence-corrected chi connectivity index (χ4v) is 3.01. The average Bonchev–Trinajstić information content (AvgIpc) is 2.58. The van der Waals surface area contributed by atoms with Gasteiger partial charge >= 0.3 is 0 Å². The molecule has 0 saturated carbocycles. The lowest BCUT2D eigenvalue weighted by Crippen LogP contribution is -2.52. The summed E-state index contributed by atoms with van der Waals surface area (Å²) in [5, 5.41) is 13.7. The first kappa shape index (κ1) is 22.7. The van der Waals surface area contributed by atoms with Crippen molar-refractivity contribution in [3.63, 3.8) is 0 Å². The van der Waals surface area contributed by atoms with Crippen LogP contribution in [0, 0.1) is 11.6 Å². The Kier molecular flexibility index (Phi) is 9.39. The van der Waals surface area contributed by atoms with Crippen molar-refractivity contribution < 1.29 is 13.9 Å². The summed E-state index contributed by atoms with van der Waals surface area (Å²) < 4.78 is 26.2. The number of pyridine rings is 1. The third-order valence-electron chi connectivity index (χ3n) is 4.33. The highest BCUT2D eigenvalue weighted by Crippen LogP contribution is 2.16. The molecule has 0 spiro atoms. The predicted octanol–water partition coefficient (Wildman–Crippen LogP) is 2.93. The maximum absolute atomic E-state index is 13.3. The molecule has 4 nitrogen and oxygen atoms in total. The molecule has 0 unspecified atom stereocenters. The zero-order chi connectivity index (χ0) is 16.9. The van der Waals surface area contributed by atoms with E-state index in [-0.39, 0.29) is 30.9 Å². The van der Waals surface area contributed by atoms with Gasteiger partial charge in [-0.2, -0.15) is 0 Å². The van der Waals surface area contributed by atoms with Gasteiger partial charge < -0.3 is 10.4 Å². The van der Waals surface area contributed by atoms with Gasteiger partial charge in [-0.05, 0) is 36.2 Å². The number of aliphatic hydroxyl groups excluding tert-OH is 1. The van der Waals surface area contributed by atoms with Gasteiger partial charge in [0.05, 0.1) is 11.8 Å². The summed E-state index contributed by atoms with van der Waals surface area (Å²) in [4.78, 5) is 6.31. The number of halogens is 4. The van der Waals surface area contributed by atoms with Crippen LogP contribution >= 0.6 is 24.8 Å². The second-order valence-corrected chi connectivity index (χ2v) is 6.15. The molecule has 26 heavy (non-hydrogen) atoms. The minimum Gasteiger partial charge on any atom is -0.390 e. The third kappa shape index (κ3) is 6.14. The first-order valence-electron chi connectivity index (χ1n) is 8.09. The number of likely N-dealkylation sites (tertiary alicyclic amines) is 1. The Morgan fingerprint density at radius 3 is 2.62 bits per heavy atom. The number of aromatic nitrogens is 1. The summed E-state index contributed by atoms with van der Waals surface area (Å²) in [6.07, 6.45) is 2.03. The minimum absolute atomic E-state index is 0. The van der Waals surface area contributed by atoms with E-state index in [0.717, 1.165) is 24.7 Å². The van der Waals surface area contributed by atoms with E-state index < -0.39 is 17.7 Å². The van der Waals surface area contributed by atoms with Crippen molar-refractivity contribution in [3.8, 4) is 0 Å². The number of benzene rings is 1. The first-order chi connectivity index (χ1) is 11.6. The van der Waals surface area contributed by atoms with Crippen LogP contribution in [0.5, 0.6) is 0 Å². The zero-order valence-electron chi connectivity index (χ0n) is 14.1. The Hall–Kier alpha value is -1.31. The van der Waals surface area contributed by atoms with E-state index >= 15 is 0 Å². The summed E-state index contributed by atoms with van der Waals surface area (Å²) in [6, 6.07) is 9.69. The largest absolute Gasteiger partial charge is 0.390 e. The lowest BCUT2D eigenvalue weighted by molar-refractivity contribution is 0.0363. The van der Waals surface area contributed by atoms with Gasteiger partial charge in [-0.1, -0.05) is 12.1 Å². The van der Waals surface area contributed by atoms with Crippen LogP contribution < -0.4 is 5.32 Å². The third-order valence-corrected chi connectivity index (χ3v) is 4.33. The van der Waals surface area contributed by atoms with Crippen LogP contribution in [0.2, 0.25) is 0 Å². The zero-order valence-corrected chi connectivity index (χ0v) is 15.8. The van der Waals surface area contributed by atoms with E-state index in [1.54, 1.807) is 12.3 Å². The van der Waals surface area contributed by atoms with Gasteiger partial charge in [-0.3, -0.25) is 9.88 Å². The number of hydrogen-bond acceptors (Lipinski definition) is 4. The van der Waals surface area contributed by atoms with E-state index in [1.165, 1.54) is 6.07 Å². The quantitative estimate of drug-likeness (QED) is 0.802. The molecular weight excluding hydrogens is 383 g/mol. The normalized spacial score (nSPS) is 20.1. The Balaban J connectivity index is 0.00000169. The Labute approximate surface area is 164 Å². The number of nitrogens with zero attached hydrogens (tertiary/aromatic N) is 2.